The lowest BCUT2D eigenvalue weighted by Gasteiger charge is -2.24. The molecule has 28 heavy (non-hydrogen) atoms. The summed E-state index contributed by atoms with van der Waals surface area (Å²) >= 11 is 0. The largest absolute Gasteiger partial charge is 0.549 e. The molecule has 9 heteroatoms. The predicted molar refractivity (Wildman–Crippen MR) is 91.0 cm³/mol. The Bertz CT molecular complexity index is 1010. The number of phenolic OH excluding ortho intramolecular Hbond substituents is 2. The summed E-state index contributed by atoms with van der Waals surface area (Å²) in [6, 6.07) is 7.17. The Labute approximate surface area is 158 Å². The summed E-state index contributed by atoms with van der Waals surface area (Å²) in [5.74, 6) is -5.59. The van der Waals surface area contributed by atoms with Crippen molar-refractivity contribution in [2.45, 2.75) is 6.54 Å². The van der Waals surface area contributed by atoms with Gasteiger partial charge in [0.1, 0.15) is 0 Å². The Morgan fingerprint density at radius 1 is 0.929 bits per heavy atom. The number of ketones is 2. The fourth-order valence-electron chi connectivity index (χ4n) is 3.18. The Morgan fingerprint density at radius 3 is 2.11 bits per heavy atom. The molecule has 0 unspecified atom stereocenters. The van der Waals surface area contributed by atoms with Crippen LogP contribution in [0.25, 0.3) is 0 Å². The van der Waals surface area contributed by atoms with Crippen molar-refractivity contribution in [1.82, 2.24) is 4.90 Å². The topological polar surface area (TPSA) is 155 Å². The molecule has 9 nitrogen and oxygen atoms in total. The van der Waals surface area contributed by atoms with Gasteiger partial charge in [0, 0.05) is 35.3 Å². The molecule has 0 radical (unpaired) electrons. The number of carbonyl (C=O) groups excluding carboxylic acids is 3. The van der Waals surface area contributed by atoms with Gasteiger partial charge in [-0.15, -0.1) is 0 Å². The molecule has 144 valence electrons. The van der Waals surface area contributed by atoms with E-state index in [-0.39, 0.29) is 27.8 Å². The van der Waals surface area contributed by atoms with Crippen LogP contribution in [-0.2, 0) is 16.1 Å². The number of benzene rings is 2. The van der Waals surface area contributed by atoms with Gasteiger partial charge in [0.25, 0.3) is 0 Å². The van der Waals surface area contributed by atoms with E-state index in [2.05, 4.69) is 0 Å². The average molecular weight is 384 g/mol. The number of carbonyl (C=O) groups is 4. The number of hydrogen-bond donors (Lipinski definition) is 3. The molecule has 2 aromatic rings. The molecule has 0 spiro atoms. The van der Waals surface area contributed by atoms with E-state index in [1.807, 2.05) is 0 Å². The van der Waals surface area contributed by atoms with E-state index in [1.54, 1.807) is 12.1 Å². The van der Waals surface area contributed by atoms with Gasteiger partial charge < -0.3 is 25.2 Å². The molecule has 0 aliphatic heterocycles. The molecule has 2 aromatic carbocycles. The number of fused-ring (bicyclic) bond motifs is 2. The minimum Gasteiger partial charge on any atom is -0.549 e. The highest BCUT2D eigenvalue weighted by Gasteiger charge is 2.34. The second-order valence-electron chi connectivity index (χ2n) is 6.27. The zero-order chi connectivity index (χ0) is 20.6. The molecule has 1 aliphatic rings. The molecule has 3 N–H and O–H groups in total. The van der Waals surface area contributed by atoms with Gasteiger partial charge in [-0.1, -0.05) is 24.3 Å². The van der Waals surface area contributed by atoms with Crippen LogP contribution in [0.3, 0.4) is 0 Å². The highest BCUT2D eigenvalue weighted by atomic mass is 16.4. The summed E-state index contributed by atoms with van der Waals surface area (Å²) in [6.07, 6.45) is 0. The van der Waals surface area contributed by atoms with Gasteiger partial charge in [-0.25, -0.2) is 0 Å². The Balaban J connectivity index is 2.08. The number of carboxylic acids is 2. The molecule has 0 fully saturated rings. The number of aromatic hydroxyl groups is 2. The number of nitrogens with zero attached hydrogens (tertiary/aromatic N) is 1. The molecular weight excluding hydrogens is 370 g/mol. The van der Waals surface area contributed by atoms with Crippen LogP contribution in [0, 0.1) is 0 Å². The number of hydrogen-bond acceptors (Lipinski definition) is 8. The van der Waals surface area contributed by atoms with Crippen LogP contribution in [0.15, 0.2) is 30.3 Å². The van der Waals surface area contributed by atoms with Crippen LogP contribution < -0.4 is 5.11 Å². The zero-order valence-corrected chi connectivity index (χ0v) is 14.3. The van der Waals surface area contributed by atoms with Crippen molar-refractivity contribution in [3.8, 4) is 11.5 Å². The lowest BCUT2D eigenvalue weighted by molar-refractivity contribution is -0.306. The third-order valence-corrected chi connectivity index (χ3v) is 4.35. The van der Waals surface area contributed by atoms with Crippen molar-refractivity contribution in [3.63, 3.8) is 0 Å². The number of phenols is 2. The molecule has 0 atom stereocenters. The summed E-state index contributed by atoms with van der Waals surface area (Å²) in [5.41, 5.74) is -0.383. The van der Waals surface area contributed by atoms with Gasteiger partial charge in [0.2, 0.25) is 0 Å². The fraction of sp³-hybridized carbons (Fsp3) is 0.158. The molecule has 0 saturated carbocycles. The molecule has 0 aromatic heterocycles. The average Bonchev–Trinajstić information content (AvgIpc) is 2.62. The van der Waals surface area contributed by atoms with Crippen molar-refractivity contribution < 1.29 is 39.6 Å². The number of rotatable bonds is 6. The van der Waals surface area contributed by atoms with Crippen molar-refractivity contribution >= 4 is 23.5 Å². The van der Waals surface area contributed by atoms with E-state index in [0.29, 0.717) is 0 Å². The summed E-state index contributed by atoms with van der Waals surface area (Å²) in [5, 5.41) is 40.4. The van der Waals surface area contributed by atoms with Crippen molar-refractivity contribution in [1.29, 1.82) is 0 Å². The minimum atomic E-state index is -1.54. The van der Waals surface area contributed by atoms with Crippen LogP contribution in [0.4, 0.5) is 0 Å². The van der Waals surface area contributed by atoms with Crippen molar-refractivity contribution in [3.05, 3.63) is 58.1 Å². The van der Waals surface area contributed by atoms with Crippen LogP contribution >= 0.6 is 0 Å². The van der Waals surface area contributed by atoms with Crippen LogP contribution in [0.1, 0.15) is 37.4 Å². The third-order valence-electron chi connectivity index (χ3n) is 4.35. The van der Waals surface area contributed by atoms with E-state index in [9.17, 15) is 34.5 Å². The fourth-order valence-corrected chi connectivity index (χ4v) is 3.18. The van der Waals surface area contributed by atoms with Gasteiger partial charge in [-0.05, 0) is 6.07 Å². The first-order valence-electron chi connectivity index (χ1n) is 8.11. The smallest absolute Gasteiger partial charge is 0.317 e. The van der Waals surface area contributed by atoms with Crippen LogP contribution in [0.5, 0.6) is 11.5 Å². The molecule has 0 heterocycles. The zero-order valence-electron chi connectivity index (χ0n) is 14.3. The molecule has 3 rings (SSSR count). The van der Waals surface area contributed by atoms with Gasteiger partial charge in [-0.3, -0.25) is 19.3 Å². The van der Waals surface area contributed by atoms with E-state index in [4.69, 9.17) is 5.11 Å². The van der Waals surface area contributed by atoms with E-state index >= 15 is 0 Å². The van der Waals surface area contributed by atoms with E-state index < -0.39 is 54.6 Å². The maximum absolute atomic E-state index is 12.8. The maximum Gasteiger partial charge on any atom is 0.317 e. The third kappa shape index (κ3) is 3.30. The highest BCUT2D eigenvalue weighted by Crippen LogP contribution is 2.40. The Morgan fingerprint density at radius 2 is 1.54 bits per heavy atom. The summed E-state index contributed by atoms with van der Waals surface area (Å²) in [4.78, 5) is 48.1. The van der Waals surface area contributed by atoms with Gasteiger partial charge in [-0.2, -0.15) is 0 Å². The molecule has 0 amide bonds. The maximum atomic E-state index is 12.8. The van der Waals surface area contributed by atoms with Crippen molar-refractivity contribution in [2.24, 2.45) is 0 Å². The SMILES string of the molecule is O=C([O-])CN(CC(=O)O)Cc1cc2c(c(O)c1O)C(=O)c1ccccc1C2=O. The first kappa shape index (κ1) is 19.1. The first-order chi connectivity index (χ1) is 13.2. The summed E-state index contributed by atoms with van der Waals surface area (Å²) < 4.78 is 0. The highest BCUT2D eigenvalue weighted by molar-refractivity contribution is 6.29. The summed E-state index contributed by atoms with van der Waals surface area (Å²) in [6.45, 7) is -1.84. The molecule has 0 bridgehead atoms. The number of aliphatic carboxylic acids is 2. The van der Waals surface area contributed by atoms with Gasteiger partial charge in [0.05, 0.1) is 18.1 Å². The van der Waals surface area contributed by atoms with E-state index in [1.165, 1.54) is 12.1 Å². The van der Waals surface area contributed by atoms with Crippen molar-refractivity contribution in [2.75, 3.05) is 13.1 Å². The number of carboxylic acid groups (broad SMARTS) is 2. The van der Waals surface area contributed by atoms with Crippen LogP contribution in [0.2, 0.25) is 0 Å². The van der Waals surface area contributed by atoms with Gasteiger partial charge >= 0.3 is 5.97 Å². The molecule has 1 aliphatic carbocycles. The first-order valence-corrected chi connectivity index (χ1v) is 8.11. The molecular formula is C19H14NO8-. The van der Waals surface area contributed by atoms with E-state index in [0.717, 1.165) is 11.0 Å². The lowest BCUT2D eigenvalue weighted by atomic mass is 9.82. The quantitative estimate of drug-likeness (QED) is 0.477. The minimum absolute atomic E-state index is 0.0897. The Hall–Kier alpha value is -3.72. The van der Waals surface area contributed by atoms with Gasteiger partial charge in [0.15, 0.2) is 23.1 Å². The normalized spacial score (nSPS) is 12.6. The lowest BCUT2D eigenvalue weighted by Crippen LogP contribution is -2.40. The standard InChI is InChI=1S/C19H15NO8/c21-13(22)7-20(8-14(23)24)6-9-5-12-15(19(28)16(9)25)18(27)11-4-2-1-3-10(11)17(12)26/h1-5,25,28H,6-8H2,(H,21,22)(H,23,24)/p-1. The predicted octanol–water partition coefficient (Wildman–Crippen LogP) is -0.490. The second kappa shape index (κ2) is 7.12. The second-order valence-corrected chi connectivity index (χ2v) is 6.27. The molecule has 0 saturated heterocycles. The van der Waals surface area contributed by atoms with Crippen LogP contribution in [-0.4, -0.2) is 56.8 Å². The Kier molecular flexibility index (Phi) is 4.85. The summed E-state index contributed by atoms with van der Waals surface area (Å²) in [7, 11) is 0. The monoisotopic (exact) mass is 384 g/mol.